The quantitative estimate of drug-likeness (QED) is 0.873. The van der Waals surface area contributed by atoms with E-state index < -0.39 is 6.04 Å². The van der Waals surface area contributed by atoms with Gasteiger partial charge in [0, 0.05) is 38.5 Å². The van der Waals surface area contributed by atoms with Gasteiger partial charge < -0.3 is 19.9 Å². The number of hydrogen-bond donors (Lipinski definition) is 1. The van der Waals surface area contributed by atoms with E-state index in [1.165, 1.54) is 4.90 Å². The van der Waals surface area contributed by atoms with Gasteiger partial charge in [-0.05, 0) is 12.1 Å². The minimum atomic E-state index is -0.504. The summed E-state index contributed by atoms with van der Waals surface area (Å²) in [5.74, 6) is 0.634. The van der Waals surface area contributed by atoms with Gasteiger partial charge in [0.2, 0.25) is 5.91 Å². The molecule has 2 heterocycles. The van der Waals surface area contributed by atoms with Crippen LogP contribution in [0.25, 0.3) is 5.69 Å². The fourth-order valence-corrected chi connectivity index (χ4v) is 2.76. The Morgan fingerprint density at radius 3 is 2.96 bits per heavy atom. The van der Waals surface area contributed by atoms with Crippen molar-refractivity contribution in [3.63, 3.8) is 0 Å². The highest BCUT2D eigenvalue weighted by Gasteiger charge is 2.32. The van der Waals surface area contributed by atoms with Crippen molar-refractivity contribution in [1.82, 2.24) is 24.9 Å². The monoisotopic (exact) mass is 343 g/mol. The van der Waals surface area contributed by atoms with Crippen LogP contribution in [0.3, 0.4) is 0 Å². The van der Waals surface area contributed by atoms with Crippen LogP contribution in [0.5, 0.6) is 5.75 Å². The highest BCUT2D eigenvalue weighted by atomic mass is 16.5. The lowest BCUT2D eigenvalue weighted by Crippen LogP contribution is -2.43. The SMILES string of the molecule is COc1cccc(-n2cc(CN(C)C(=O)C3CN(C)C(=O)N3)cn2)c1. The second-order valence-corrected chi connectivity index (χ2v) is 6.07. The van der Waals surface area contributed by atoms with E-state index in [9.17, 15) is 9.59 Å². The van der Waals surface area contributed by atoms with Crippen LogP contribution >= 0.6 is 0 Å². The zero-order valence-corrected chi connectivity index (χ0v) is 14.5. The Morgan fingerprint density at radius 1 is 1.48 bits per heavy atom. The second-order valence-electron chi connectivity index (χ2n) is 6.07. The Bertz CT molecular complexity index is 788. The van der Waals surface area contributed by atoms with Crippen molar-refractivity contribution in [2.75, 3.05) is 27.7 Å². The normalized spacial score (nSPS) is 16.7. The topological polar surface area (TPSA) is 79.7 Å². The zero-order valence-electron chi connectivity index (χ0n) is 14.5. The number of likely N-dealkylation sites (N-methyl/N-ethyl adjacent to an activating group) is 2. The third-order valence-electron chi connectivity index (χ3n) is 4.15. The zero-order chi connectivity index (χ0) is 18.0. The van der Waals surface area contributed by atoms with Gasteiger partial charge in [-0.25, -0.2) is 9.48 Å². The summed E-state index contributed by atoms with van der Waals surface area (Å²) in [5, 5.41) is 7.02. The summed E-state index contributed by atoms with van der Waals surface area (Å²) in [7, 11) is 5.00. The van der Waals surface area contributed by atoms with Crippen LogP contribution in [0.4, 0.5) is 4.79 Å². The number of methoxy groups -OCH3 is 1. The summed E-state index contributed by atoms with van der Waals surface area (Å²) >= 11 is 0. The first-order valence-electron chi connectivity index (χ1n) is 7.92. The number of nitrogens with one attached hydrogen (secondary N) is 1. The number of benzene rings is 1. The molecular formula is C17H21N5O3. The van der Waals surface area contributed by atoms with Crippen LogP contribution in [-0.2, 0) is 11.3 Å². The smallest absolute Gasteiger partial charge is 0.317 e. The molecule has 132 valence electrons. The largest absolute Gasteiger partial charge is 0.497 e. The van der Waals surface area contributed by atoms with Gasteiger partial charge >= 0.3 is 6.03 Å². The summed E-state index contributed by atoms with van der Waals surface area (Å²) in [6.07, 6.45) is 3.60. The molecule has 0 radical (unpaired) electrons. The fraction of sp³-hybridized carbons (Fsp3) is 0.353. The van der Waals surface area contributed by atoms with E-state index in [-0.39, 0.29) is 11.9 Å². The van der Waals surface area contributed by atoms with Gasteiger partial charge in [-0.15, -0.1) is 0 Å². The first-order valence-corrected chi connectivity index (χ1v) is 7.92. The average Bonchev–Trinajstić information content (AvgIpc) is 3.21. The first kappa shape index (κ1) is 16.8. The average molecular weight is 343 g/mol. The maximum absolute atomic E-state index is 12.4. The molecule has 8 nitrogen and oxygen atoms in total. The number of nitrogens with zero attached hydrogens (tertiary/aromatic N) is 4. The molecule has 1 aromatic heterocycles. The maximum Gasteiger partial charge on any atom is 0.317 e. The van der Waals surface area contributed by atoms with Crippen LogP contribution in [0.1, 0.15) is 5.56 Å². The molecule has 1 saturated heterocycles. The summed E-state index contributed by atoms with van der Waals surface area (Å²) in [5.41, 5.74) is 1.78. The molecule has 1 aliphatic heterocycles. The number of amides is 3. The molecule has 1 fully saturated rings. The van der Waals surface area contributed by atoms with Gasteiger partial charge in [0.1, 0.15) is 11.8 Å². The van der Waals surface area contributed by atoms with Crippen molar-refractivity contribution in [3.05, 3.63) is 42.2 Å². The molecule has 1 aromatic carbocycles. The van der Waals surface area contributed by atoms with Crippen LogP contribution in [-0.4, -0.2) is 65.3 Å². The van der Waals surface area contributed by atoms with E-state index in [1.54, 1.807) is 37.0 Å². The fourth-order valence-electron chi connectivity index (χ4n) is 2.76. The lowest BCUT2D eigenvalue weighted by Gasteiger charge is -2.19. The third-order valence-corrected chi connectivity index (χ3v) is 4.15. The molecule has 0 spiro atoms. The summed E-state index contributed by atoms with van der Waals surface area (Å²) in [6, 6.07) is 6.85. The molecule has 0 saturated carbocycles. The Hall–Kier alpha value is -3.03. The number of hydrogen-bond acceptors (Lipinski definition) is 4. The number of ether oxygens (including phenoxy) is 1. The molecule has 2 aromatic rings. The molecule has 1 unspecified atom stereocenters. The molecular weight excluding hydrogens is 322 g/mol. The molecule has 0 aliphatic carbocycles. The van der Waals surface area contributed by atoms with E-state index in [1.807, 2.05) is 30.5 Å². The van der Waals surface area contributed by atoms with Gasteiger partial charge in [0.25, 0.3) is 0 Å². The number of urea groups is 1. The van der Waals surface area contributed by atoms with Crippen molar-refractivity contribution in [2.24, 2.45) is 0 Å². The van der Waals surface area contributed by atoms with Crippen molar-refractivity contribution in [2.45, 2.75) is 12.6 Å². The van der Waals surface area contributed by atoms with Gasteiger partial charge in [-0.1, -0.05) is 6.07 Å². The van der Waals surface area contributed by atoms with Gasteiger partial charge in [-0.3, -0.25) is 4.79 Å². The van der Waals surface area contributed by atoms with Crippen LogP contribution in [0.2, 0.25) is 0 Å². The number of aromatic nitrogens is 2. The number of carbonyl (C=O) groups is 2. The third kappa shape index (κ3) is 3.57. The molecule has 1 aliphatic rings. The van der Waals surface area contributed by atoms with Crippen molar-refractivity contribution >= 4 is 11.9 Å². The Morgan fingerprint density at radius 2 is 2.28 bits per heavy atom. The molecule has 8 heteroatoms. The van der Waals surface area contributed by atoms with Crippen LogP contribution < -0.4 is 10.1 Å². The Labute approximate surface area is 146 Å². The van der Waals surface area contributed by atoms with E-state index in [4.69, 9.17) is 4.74 Å². The lowest BCUT2D eigenvalue weighted by atomic mass is 10.2. The minimum Gasteiger partial charge on any atom is -0.497 e. The van der Waals surface area contributed by atoms with Gasteiger partial charge in [-0.2, -0.15) is 5.10 Å². The van der Waals surface area contributed by atoms with Gasteiger partial charge in [0.05, 0.1) is 25.5 Å². The van der Waals surface area contributed by atoms with Crippen LogP contribution in [0.15, 0.2) is 36.7 Å². The minimum absolute atomic E-state index is 0.119. The highest BCUT2D eigenvalue weighted by molar-refractivity contribution is 5.90. The van der Waals surface area contributed by atoms with E-state index in [2.05, 4.69) is 10.4 Å². The lowest BCUT2D eigenvalue weighted by molar-refractivity contribution is -0.132. The predicted molar refractivity (Wildman–Crippen MR) is 91.5 cm³/mol. The molecule has 3 rings (SSSR count). The van der Waals surface area contributed by atoms with Crippen molar-refractivity contribution < 1.29 is 14.3 Å². The Balaban J connectivity index is 1.66. The summed E-state index contributed by atoms with van der Waals surface area (Å²) in [4.78, 5) is 27.0. The second kappa shape index (κ2) is 6.84. The first-order chi connectivity index (χ1) is 12.0. The molecule has 1 N–H and O–H groups in total. The van der Waals surface area contributed by atoms with Crippen molar-refractivity contribution in [1.29, 1.82) is 0 Å². The number of rotatable bonds is 5. The molecule has 1 atom stereocenters. The summed E-state index contributed by atoms with van der Waals surface area (Å²) < 4.78 is 6.96. The molecule has 3 amide bonds. The molecule has 25 heavy (non-hydrogen) atoms. The maximum atomic E-state index is 12.4. The van der Waals surface area contributed by atoms with Gasteiger partial charge in [0.15, 0.2) is 0 Å². The number of carbonyl (C=O) groups excluding carboxylic acids is 2. The van der Waals surface area contributed by atoms with Crippen LogP contribution in [0, 0.1) is 0 Å². The summed E-state index contributed by atoms with van der Waals surface area (Å²) in [6.45, 7) is 0.796. The van der Waals surface area contributed by atoms with E-state index >= 15 is 0 Å². The van der Waals surface area contributed by atoms with E-state index in [0.29, 0.717) is 13.1 Å². The van der Waals surface area contributed by atoms with E-state index in [0.717, 1.165) is 17.0 Å². The Kier molecular flexibility index (Phi) is 4.60. The van der Waals surface area contributed by atoms with Crippen molar-refractivity contribution in [3.8, 4) is 11.4 Å². The standard InChI is InChI=1S/C17H21N5O3/c1-20(16(23)15-11-21(2)17(24)19-15)9-12-8-18-22(10-12)13-5-4-6-14(7-13)25-3/h4-8,10,15H,9,11H2,1-3H3,(H,19,24). The molecule has 0 bridgehead atoms. The predicted octanol–water partition coefficient (Wildman–Crippen LogP) is 0.863. The highest BCUT2D eigenvalue weighted by Crippen LogP contribution is 2.17.